The molecular weight excluding hydrogens is 490 g/mol. The third kappa shape index (κ3) is 6.42. The average Bonchev–Trinajstić information content (AvgIpc) is 2.93. The second-order valence-corrected chi connectivity index (χ2v) is 8.84. The first kappa shape index (κ1) is 26.5. The van der Waals surface area contributed by atoms with Gasteiger partial charge in [0.05, 0.1) is 5.56 Å². The van der Waals surface area contributed by atoms with E-state index in [1.807, 2.05) is 12.1 Å². The maximum atomic E-state index is 14.0. The van der Waals surface area contributed by atoms with E-state index in [9.17, 15) is 23.2 Å². The lowest BCUT2D eigenvalue weighted by Crippen LogP contribution is -2.49. The molecule has 0 spiro atoms. The Kier molecular flexibility index (Phi) is 8.47. The van der Waals surface area contributed by atoms with E-state index in [1.54, 1.807) is 29.2 Å². The molecule has 3 aromatic carbocycles. The second kappa shape index (κ2) is 12.1. The predicted octanol–water partition coefficient (Wildman–Crippen LogP) is 4.19. The fourth-order valence-corrected chi connectivity index (χ4v) is 4.25. The molecule has 1 N–H and O–H groups in total. The summed E-state index contributed by atoms with van der Waals surface area (Å²) in [6, 6.07) is 18.4. The number of halogens is 2. The molecule has 0 aromatic heterocycles. The zero-order valence-corrected chi connectivity index (χ0v) is 20.8. The number of rotatable bonds is 8. The summed E-state index contributed by atoms with van der Waals surface area (Å²) in [5.41, 5.74) is 1.86. The third-order valence-corrected chi connectivity index (χ3v) is 6.25. The smallest absolute Gasteiger partial charge is 0.256 e. The summed E-state index contributed by atoms with van der Waals surface area (Å²) in [5, 5.41) is 2.79. The van der Waals surface area contributed by atoms with Crippen LogP contribution in [0.3, 0.4) is 0 Å². The number of carbonyl (C=O) groups excluding carboxylic acids is 3. The summed E-state index contributed by atoms with van der Waals surface area (Å²) in [6.07, 6.45) is 1.52. The molecule has 9 heteroatoms. The highest BCUT2D eigenvalue weighted by Crippen LogP contribution is 2.21. The first-order valence-corrected chi connectivity index (χ1v) is 12.2. The van der Waals surface area contributed by atoms with Crippen molar-refractivity contribution in [2.45, 2.75) is 0 Å². The van der Waals surface area contributed by atoms with Gasteiger partial charge in [-0.1, -0.05) is 18.2 Å². The summed E-state index contributed by atoms with van der Waals surface area (Å²) < 4.78 is 27.2. The van der Waals surface area contributed by atoms with Crippen LogP contribution in [0, 0.1) is 11.6 Å². The predicted molar refractivity (Wildman–Crippen MR) is 142 cm³/mol. The van der Waals surface area contributed by atoms with Crippen molar-refractivity contribution < 1.29 is 23.2 Å². The Morgan fingerprint density at radius 3 is 2.18 bits per heavy atom. The molecule has 1 heterocycles. The van der Waals surface area contributed by atoms with Crippen LogP contribution in [0.1, 0.15) is 20.7 Å². The zero-order valence-electron chi connectivity index (χ0n) is 20.8. The molecule has 196 valence electrons. The van der Waals surface area contributed by atoms with Gasteiger partial charge < -0.3 is 20.0 Å². The Bertz CT molecular complexity index is 1300. The zero-order chi connectivity index (χ0) is 27.1. The van der Waals surface area contributed by atoms with E-state index in [4.69, 9.17) is 0 Å². The molecule has 0 saturated carbocycles. The highest BCUT2D eigenvalue weighted by atomic mass is 19.1. The number of hydrogen-bond acceptors (Lipinski definition) is 4. The second-order valence-electron chi connectivity index (χ2n) is 8.84. The fraction of sp³-hybridized carbons (Fsp3) is 0.207. The Morgan fingerprint density at radius 1 is 0.895 bits per heavy atom. The van der Waals surface area contributed by atoms with Gasteiger partial charge in [0.1, 0.15) is 18.2 Å². The minimum absolute atomic E-state index is 0.0760. The quantitative estimate of drug-likeness (QED) is 0.454. The highest BCUT2D eigenvalue weighted by Gasteiger charge is 2.24. The van der Waals surface area contributed by atoms with Crippen molar-refractivity contribution in [1.82, 2.24) is 9.80 Å². The summed E-state index contributed by atoms with van der Waals surface area (Å²) in [7, 11) is 0. The molecule has 3 aromatic rings. The fourth-order valence-electron chi connectivity index (χ4n) is 4.25. The highest BCUT2D eigenvalue weighted by molar-refractivity contribution is 5.99. The van der Waals surface area contributed by atoms with E-state index < -0.39 is 17.5 Å². The van der Waals surface area contributed by atoms with Gasteiger partial charge >= 0.3 is 0 Å². The lowest BCUT2D eigenvalue weighted by atomic mass is 10.1. The van der Waals surface area contributed by atoms with E-state index >= 15 is 0 Å². The molecule has 0 unspecified atom stereocenters. The lowest BCUT2D eigenvalue weighted by Gasteiger charge is -2.36. The van der Waals surface area contributed by atoms with E-state index in [-0.39, 0.29) is 36.0 Å². The van der Waals surface area contributed by atoms with Crippen molar-refractivity contribution >= 4 is 29.1 Å². The molecule has 7 nitrogen and oxygen atoms in total. The van der Waals surface area contributed by atoms with Gasteiger partial charge in [0.25, 0.3) is 11.8 Å². The van der Waals surface area contributed by atoms with Gasteiger partial charge in [0.2, 0.25) is 5.91 Å². The molecule has 1 fully saturated rings. The number of anilines is 2. The molecular formula is C29H28F2N4O3. The molecule has 0 radical (unpaired) electrons. The van der Waals surface area contributed by atoms with E-state index in [0.29, 0.717) is 31.9 Å². The van der Waals surface area contributed by atoms with Crippen LogP contribution in [0.2, 0.25) is 0 Å². The van der Waals surface area contributed by atoms with Crippen LogP contribution in [0.15, 0.2) is 85.5 Å². The molecule has 38 heavy (non-hydrogen) atoms. The maximum Gasteiger partial charge on any atom is 0.256 e. The molecule has 0 atom stereocenters. The van der Waals surface area contributed by atoms with Gasteiger partial charge in [-0.2, -0.15) is 0 Å². The van der Waals surface area contributed by atoms with E-state index in [0.717, 1.165) is 5.69 Å². The van der Waals surface area contributed by atoms with Crippen LogP contribution >= 0.6 is 0 Å². The first-order valence-electron chi connectivity index (χ1n) is 12.2. The molecule has 3 amide bonds. The maximum absolute atomic E-state index is 14.0. The number of piperazine rings is 1. The van der Waals surface area contributed by atoms with Crippen LogP contribution in [-0.2, 0) is 4.79 Å². The summed E-state index contributed by atoms with van der Waals surface area (Å²) in [6.45, 7) is 5.72. The van der Waals surface area contributed by atoms with Crippen molar-refractivity contribution in [3.05, 3.63) is 108 Å². The van der Waals surface area contributed by atoms with Crippen molar-refractivity contribution in [2.75, 3.05) is 49.5 Å². The largest absolute Gasteiger partial charge is 0.368 e. The summed E-state index contributed by atoms with van der Waals surface area (Å²) in [4.78, 5) is 43.1. The van der Waals surface area contributed by atoms with Gasteiger partial charge in [-0.15, -0.1) is 6.58 Å². The van der Waals surface area contributed by atoms with Crippen molar-refractivity contribution in [3.8, 4) is 0 Å². The molecule has 1 saturated heterocycles. The van der Waals surface area contributed by atoms with Gasteiger partial charge in [-0.25, -0.2) is 8.78 Å². The average molecular weight is 519 g/mol. The third-order valence-electron chi connectivity index (χ3n) is 6.25. The Labute approximate surface area is 220 Å². The van der Waals surface area contributed by atoms with Gasteiger partial charge in [0.15, 0.2) is 0 Å². The Balaban J connectivity index is 1.31. The number of nitrogens with zero attached hydrogens (tertiary/aromatic N) is 3. The molecule has 0 aliphatic carbocycles. The van der Waals surface area contributed by atoms with Crippen molar-refractivity contribution in [2.24, 2.45) is 0 Å². The Hall–Kier alpha value is -4.53. The molecule has 1 aliphatic rings. The number of carbonyl (C=O) groups is 3. The van der Waals surface area contributed by atoms with E-state index in [2.05, 4.69) is 16.8 Å². The Morgan fingerprint density at radius 2 is 1.55 bits per heavy atom. The van der Waals surface area contributed by atoms with Crippen LogP contribution < -0.4 is 10.2 Å². The van der Waals surface area contributed by atoms with Crippen LogP contribution in [0.25, 0.3) is 0 Å². The monoisotopic (exact) mass is 518 g/mol. The molecule has 4 rings (SSSR count). The number of hydrogen-bond donors (Lipinski definition) is 1. The normalized spacial score (nSPS) is 13.1. The standard InChI is InChI=1S/C29H28F2N4O3/c1-2-15-35(28(37)21-7-9-22(30)10-8-21)20-27(36)32-23-11-13-24(14-12-23)33-16-18-34(19-17-33)29(38)25-5-3-4-6-26(25)31/h2-14H,1,15-20H2,(H,32,36). The molecule has 0 bridgehead atoms. The van der Waals surface area contributed by atoms with Crippen molar-refractivity contribution in [1.29, 1.82) is 0 Å². The van der Waals surface area contributed by atoms with Gasteiger partial charge in [-0.3, -0.25) is 14.4 Å². The molecule has 1 aliphatic heterocycles. The van der Waals surface area contributed by atoms with Gasteiger partial charge in [-0.05, 0) is 60.7 Å². The van der Waals surface area contributed by atoms with Crippen LogP contribution in [0.4, 0.5) is 20.2 Å². The lowest BCUT2D eigenvalue weighted by molar-refractivity contribution is -0.116. The van der Waals surface area contributed by atoms with Crippen LogP contribution in [-0.4, -0.2) is 66.8 Å². The topological polar surface area (TPSA) is 73.0 Å². The van der Waals surface area contributed by atoms with Gasteiger partial charge in [0, 0.05) is 49.7 Å². The van der Waals surface area contributed by atoms with Crippen molar-refractivity contribution in [3.63, 3.8) is 0 Å². The number of nitrogens with one attached hydrogen (secondary N) is 1. The minimum Gasteiger partial charge on any atom is -0.368 e. The SMILES string of the molecule is C=CCN(CC(=O)Nc1ccc(N2CCN(C(=O)c3ccccc3F)CC2)cc1)C(=O)c1ccc(F)cc1. The summed E-state index contributed by atoms with van der Waals surface area (Å²) >= 11 is 0. The van der Waals surface area contributed by atoms with E-state index in [1.165, 1.54) is 47.4 Å². The minimum atomic E-state index is -0.523. The number of benzene rings is 3. The summed E-state index contributed by atoms with van der Waals surface area (Å²) in [5.74, 6) is -2.07. The van der Waals surface area contributed by atoms with Crippen LogP contribution in [0.5, 0.6) is 0 Å². The first-order chi connectivity index (χ1) is 18.4. The number of amides is 3.